The summed E-state index contributed by atoms with van der Waals surface area (Å²) in [7, 11) is 0. The van der Waals surface area contributed by atoms with Crippen molar-refractivity contribution in [2.45, 2.75) is 46.5 Å². The smallest absolute Gasteiger partial charge is 0.211 e. The quantitative estimate of drug-likeness (QED) is 0.386. The third-order valence-electron chi connectivity index (χ3n) is 3.06. The summed E-state index contributed by atoms with van der Waals surface area (Å²) in [5.41, 5.74) is 0.657. The fraction of sp³-hybridized carbons (Fsp3) is 0.909. The fourth-order valence-electron chi connectivity index (χ4n) is 2.68. The van der Waals surface area contributed by atoms with E-state index in [2.05, 4.69) is 25.8 Å². The molecule has 75 valence electrons. The van der Waals surface area contributed by atoms with Crippen LogP contribution < -0.4 is 0 Å². The first-order valence-corrected chi connectivity index (χ1v) is 5.01. The van der Waals surface area contributed by atoms with Crippen molar-refractivity contribution in [2.75, 3.05) is 6.54 Å². The SMILES string of the molecule is CC1(C)CCCC(C)(CN=C=O)C1.[Na]. The first kappa shape index (κ1) is 14.4. The Labute approximate surface area is 109 Å². The summed E-state index contributed by atoms with van der Waals surface area (Å²) < 4.78 is 0. The van der Waals surface area contributed by atoms with Gasteiger partial charge in [-0.05, 0) is 30.1 Å². The molecule has 0 amide bonds. The van der Waals surface area contributed by atoms with Crippen LogP contribution in [0, 0.1) is 10.8 Å². The summed E-state index contributed by atoms with van der Waals surface area (Å²) in [5.74, 6) is 0. The van der Waals surface area contributed by atoms with Crippen molar-refractivity contribution in [2.24, 2.45) is 15.8 Å². The second-order valence-corrected chi connectivity index (χ2v) is 5.41. The van der Waals surface area contributed by atoms with E-state index in [1.165, 1.54) is 25.7 Å². The first-order chi connectivity index (χ1) is 5.97. The van der Waals surface area contributed by atoms with Gasteiger partial charge >= 0.3 is 0 Å². The zero-order valence-corrected chi connectivity index (χ0v) is 11.9. The van der Waals surface area contributed by atoms with Crippen LogP contribution in [0.1, 0.15) is 46.5 Å². The van der Waals surface area contributed by atoms with Crippen molar-refractivity contribution >= 4 is 35.6 Å². The van der Waals surface area contributed by atoms with Crippen molar-refractivity contribution in [3.63, 3.8) is 0 Å². The van der Waals surface area contributed by atoms with Gasteiger partial charge in [0, 0.05) is 29.6 Å². The van der Waals surface area contributed by atoms with Crippen LogP contribution in [0.15, 0.2) is 4.99 Å². The minimum absolute atomic E-state index is 0. The van der Waals surface area contributed by atoms with Gasteiger partial charge < -0.3 is 0 Å². The molecule has 14 heavy (non-hydrogen) atoms. The number of aliphatic imine (C=N–C) groups is 1. The molecule has 0 aromatic carbocycles. The molecule has 2 nitrogen and oxygen atoms in total. The average molecular weight is 204 g/mol. The van der Waals surface area contributed by atoms with Gasteiger partial charge in [0.15, 0.2) is 0 Å². The van der Waals surface area contributed by atoms with Crippen LogP contribution in [0.25, 0.3) is 0 Å². The van der Waals surface area contributed by atoms with Gasteiger partial charge in [0.25, 0.3) is 0 Å². The Bertz CT molecular complexity index is 233. The Morgan fingerprint density at radius 1 is 1.29 bits per heavy atom. The van der Waals surface area contributed by atoms with E-state index in [1.807, 2.05) is 0 Å². The van der Waals surface area contributed by atoms with Crippen LogP contribution in [0.3, 0.4) is 0 Å². The number of rotatable bonds is 2. The van der Waals surface area contributed by atoms with Gasteiger partial charge in [0.1, 0.15) is 0 Å². The number of nitrogens with zero attached hydrogens (tertiary/aromatic N) is 1. The van der Waals surface area contributed by atoms with Crippen molar-refractivity contribution < 1.29 is 4.79 Å². The summed E-state index contributed by atoms with van der Waals surface area (Å²) >= 11 is 0. The van der Waals surface area contributed by atoms with Crippen LogP contribution in [0.4, 0.5) is 0 Å². The summed E-state index contributed by atoms with van der Waals surface area (Å²) in [6, 6.07) is 0. The third kappa shape index (κ3) is 4.27. The number of carbonyl (C=O) groups excluding carboxylic acids is 1. The van der Waals surface area contributed by atoms with Gasteiger partial charge in [-0.3, -0.25) is 0 Å². The molecule has 3 heteroatoms. The Morgan fingerprint density at radius 2 is 1.93 bits per heavy atom. The van der Waals surface area contributed by atoms with Crippen molar-refractivity contribution in [3.05, 3.63) is 0 Å². The number of hydrogen-bond donors (Lipinski definition) is 0. The third-order valence-corrected chi connectivity index (χ3v) is 3.06. The summed E-state index contributed by atoms with van der Waals surface area (Å²) in [4.78, 5) is 13.8. The molecule has 1 saturated carbocycles. The van der Waals surface area contributed by atoms with Crippen molar-refractivity contribution in [3.8, 4) is 0 Å². The normalized spacial score (nSPS) is 29.9. The van der Waals surface area contributed by atoms with E-state index in [-0.39, 0.29) is 35.0 Å². The predicted molar refractivity (Wildman–Crippen MR) is 59.1 cm³/mol. The molecule has 1 radical (unpaired) electrons. The van der Waals surface area contributed by atoms with E-state index in [9.17, 15) is 4.79 Å². The van der Waals surface area contributed by atoms with Crippen LogP contribution in [0.5, 0.6) is 0 Å². The van der Waals surface area contributed by atoms with E-state index in [0.717, 1.165) is 0 Å². The average Bonchev–Trinajstić information content (AvgIpc) is 1.98. The molecule has 1 aliphatic rings. The Hall–Kier alpha value is 0.380. The predicted octanol–water partition coefficient (Wildman–Crippen LogP) is 2.55. The Balaban J connectivity index is 0.00000169. The molecule has 0 aromatic heterocycles. The van der Waals surface area contributed by atoms with Gasteiger partial charge in [-0.1, -0.05) is 27.2 Å². The largest absolute Gasteiger partial charge is 0.234 e. The van der Waals surface area contributed by atoms with Crippen molar-refractivity contribution in [1.82, 2.24) is 0 Å². The van der Waals surface area contributed by atoms with Gasteiger partial charge in [0.05, 0.1) is 6.54 Å². The summed E-state index contributed by atoms with van der Waals surface area (Å²) in [5, 5.41) is 0. The van der Waals surface area contributed by atoms with E-state index in [4.69, 9.17) is 0 Å². The molecular weight excluding hydrogens is 185 g/mol. The Morgan fingerprint density at radius 3 is 2.43 bits per heavy atom. The second kappa shape index (κ2) is 5.46. The molecule has 1 unspecified atom stereocenters. The Kier molecular flexibility index (Phi) is 5.61. The second-order valence-electron chi connectivity index (χ2n) is 5.41. The standard InChI is InChI=1S/C11H19NO.Na/c1-10(2)5-4-6-11(3,7-10)8-12-9-13;/h4-8H2,1-3H3;. The van der Waals surface area contributed by atoms with Gasteiger partial charge in [-0.25, -0.2) is 9.79 Å². The van der Waals surface area contributed by atoms with Crippen LogP contribution in [0.2, 0.25) is 0 Å². The van der Waals surface area contributed by atoms with Gasteiger partial charge in [0.2, 0.25) is 6.08 Å². The van der Waals surface area contributed by atoms with Gasteiger partial charge in [-0.2, -0.15) is 0 Å². The monoisotopic (exact) mass is 204 g/mol. The molecule has 0 N–H and O–H groups in total. The zero-order chi connectivity index (χ0) is 9.95. The van der Waals surface area contributed by atoms with Crippen LogP contribution >= 0.6 is 0 Å². The molecule has 1 aliphatic carbocycles. The van der Waals surface area contributed by atoms with Crippen LogP contribution in [-0.4, -0.2) is 42.2 Å². The number of hydrogen-bond acceptors (Lipinski definition) is 2. The van der Waals surface area contributed by atoms with Gasteiger partial charge in [-0.15, -0.1) is 0 Å². The molecule has 0 heterocycles. The molecule has 1 atom stereocenters. The molecule has 0 aliphatic heterocycles. The zero-order valence-electron chi connectivity index (χ0n) is 9.89. The molecule has 0 saturated heterocycles. The maximum absolute atomic E-state index is 10.1. The van der Waals surface area contributed by atoms with Crippen molar-refractivity contribution in [1.29, 1.82) is 0 Å². The summed E-state index contributed by atoms with van der Waals surface area (Å²) in [6.45, 7) is 7.48. The molecule has 1 rings (SSSR count). The minimum atomic E-state index is 0. The van der Waals surface area contributed by atoms with E-state index in [1.54, 1.807) is 6.08 Å². The van der Waals surface area contributed by atoms with E-state index in [0.29, 0.717) is 12.0 Å². The fourth-order valence-corrected chi connectivity index (χ4v) is 2.68. The molecular formula is C11H19NNaO. The topological polar surface area (TPSA) is 29.4 Å². The molecule has 0 bridgehead atoms. The first-order valence-electron chi connectivity index (χ1n) is 5.01. The number of isocyanates is 1. The van der Waals surface area contributed by atoms with E-state index < -0.39 is 0 Å². The maximum atomic E-state index is 10.1. The van der Waals surface area contributed by atoms with E-state index >= 15 is 0 Å². The molecule has 1 fully saturated rings. The minimum Gasteiger partial charge on any atom is -0.211 e. The maximum Gasteiger partial charge on any atom is 0.234 e. The van der Waals surface area contributed by atoms with Crippen LogP contribution in [-0.2, 0) is 4.79 Å². The molecule has 0 spiro atoms. The summed E-state index contributed by atoms with van der Waals surface area (Å²) in [6.07, 6.45) is 6.57. The molecule has 0 aromatic rings.